The quantitative estimate of drug-likeness (QED) is 0.837. The molecule has 0 unspecified atom stereocenters. The molecule has 0 aliphatic carbocycles. The van der Waals surface area contributed by atoms with Crippen LogP contribution < -0.4 is 4.90 Å². The third-order valence-corrected chi connectivity index (χ3v) is 4.56. The van der Waals surface area contributed by atoms with Crippen LogP contribution in [-0.4, -0.2) is 60.8 Å². The average molecular weight is 343 g/mol. The van der Waals surface area contributed by atoms with Crippen molar-refractivity contribution in [3.05, 3.63) is 48.6 Å². The number of rotatable bonds is 3. The highest BCUT2D eigenvalue weighted by atomic mass is 16.6. The average Bonchev–Trinajstić information content (AvgIpc) is 3.07. The fourth-order valence-electron chi connectivity index (χ4n) is 3.36. The van der Waals surface area contributed by atoms with Gasteiger partial charge in [0.15, 0.2) is 0 Å². The van der Waals surface area contributed by atoms with Crippen molar-refractivity contribution in [1.29, 1.82) is 0 Å². The SMILES string of the molecule is O=C1CO[C@@]2(COCCN(Cc3ccco3)C2)CN1c1ccccn1. The summed E-state index contributed by atoms with van der Waals surface area (Å²) in [5.74, 6) is 1.48. The fourth-order valence-corrected chi connectivity index (χ4v) is 3.36. The highest BCUT2D eigenvalue weighted by Crippen LogP contribution is 2.26. The largest absolute Gasteiger partial charge is 0.468 e. The van der Waals surface area contributed by atoms with Crippen molar-refractivity contribution in [3.63, 3.8) is 0 Å². The third-order valence-electron chi connectivity index (χ3n) is 4.56. The van der Waals surface area contributed by atoms with Crippen LogP contribution >= 0.6 is 0 Å². The Morgan fingerprint density at radius 3 is 2.96 bits per heavy atom. The molecule has 0 aromatic carbocycles. The maximum absolute atomic E-state index is 12.3. The van der Waals surface area contributed by atoms with Gasteiger partial charge in [-0.15, -0.1) is 0 Å². The number of furan rings is 1. The Labute approximate surface area is 146 Å². The summed E-state index contributed by atoms with van der Waals surface area (Å²) in [5, 5.41) is 0. The second-order valence-corrected chi connectivity index (χ2v) is 6.48. The Kier molecular flexibility index (Phi) is 4.52. The topological polar surface area (TPSA) is 68.0 Å². The zero-order valence-corrected chi connectivity index (χ0v) is 14.0. The van der Waals surface area contributed by atoms with E-state index in [1.165, 1.54) is 0 Å². The molecule has 1 atom stereocenters. The van der Waals surface area contributed by atoms with Crippen LogP contribution in [-0.2, 0) is 20.8 Å². The number of aromatic nitrogens is 1. The van der Waals surface area contributed by atoms with E-state index < -0.39 is 5.60 Å². The maximum atomic E-state index is 12.3. The van der Waals surface area contributed by atoms with Gasteiger partial charge in [0.2, 0.25) is 0 Å². The van der Waals surface area contributed by atoms with Gasteiger partial charge in [-0.1, -0.05) is 6.07 Å². The van der Waals surface area contributed by atoms with Crippen molar-refractivity contribution in [1.82, 2.24) is 9.88 Å². The smallest absolute Gasteiger partial charge is 0.254 e. The van der Waals surface area contributed by atoms with Crippen molar-refractivity contribution >= 4 is 11.7 Å². The van der Waals surface area contributed by atoms with Gasteiger partial charge < -0.3 is 13.9 Å². The highest BCUT2D eigenvalue weighted by Gasteiger charge is 2.43. The lowest BCUT2D eigenvalue weighted by Crippen LogP contribution is -2.60. The maximum Gasteiger partial charge on any atom is 0.254 e. The summed E-state index contributed by atoms with van der Waals surface area (Å²) >= 11 is 0. The van der Waals surface area contributed by atoms with Crippen LogP contribution in [0.3, 0.4) is 0 Å². The lowest BCUT2D eigenvalue weighted by Gasteiger charge is -2.42. The van der Waals surface area contributed by atoms with Crippen LogP contribution in [0.15, 0.2) is 47.2 Å². The van der Waals surface area contributed by atoms with Gasteiger partial charge in [0.05, 0.1) is 32.6 Å². The second-order valence-electron chi connectivity index (χ2n) is 6.48. The number of amides is 1. The van der Waals surface area contributed by atoms with Crippen molar-refractivity contribution in [2.75, 3.05) is 44.4 Å². The molecule has 132 valence electrons. The van der Waals surface area contributed by atoms with E-state index >= 15 is 0 Å². The van der Waals surface area contributed by atoms with Crippen molar-refractivity contribution in [3.8, 4) is 0 Å². The minimum atomic E-state index is -0.561. The fraction of sp³-hybridized carbons (Fsp3) is 0.444. The lowest BCUT2D eigenvalue weighted by atomic mass is 10.0. The Morgan fingerprint density at radius 2 is 2.16 bits per heavy atom. The number of pyridine rings is 1. The zero-order chi connectivity index (χ0) is 17.1. The number of hydrogen-bond acceptors (Lipinski definition) is 6. The lowest BCUT2D eigenvalue weighted by molar-refractivity contribution is -0.146. The molecule has 7 heteroatoms. The van der Waals surface area contributed by atoms with Gasteiger partial charge in [0.1, 0.15) is 23.8 Å². The van der Waals surface area contributed by atoms with Crippen LogP contribution in [0.5, 0.6) is 0 Å². The molecular formula is C18H21N3O4. The first-order valence-electron chi connectivity index (χ1n) is 8.42. The number of morpholine rings is 1. The summed E-state index contributed by atoms with van der Waals surface area (Å²) in [4.78, 5) is 20.6. The first-order valence-corrected chi connectivity index (χ1v) is 8.42. The van der Waals surface area contributed by atoms with E-state index in [9.17, 15) is 4.79 Å². The molecule has 2 aliphatic heterocycles. The summed E-state index contributed by atoms with van der Waals surface area (Å²) in [5.41, 5.74) is -0.561. The van der Waals surface area contributed by atoms with E-state index in [4.69, 9.17) is 13.9 Å². The Morgan fingerprint density at radius 1 is 1.20 bits per heavy atom. The number of nitrogens with zero attached hydrogens (tertiary/aromatic N) is 3. The van der Waals surface area contributed by atoms with Gasteiger partial charge in [-0.3, -0.25) is 14.6 Å². The predicted molar refractivity (Wildman–Crippen MR) is 90.1 cm³/mol. The van der Waals surface area contributed by atoms with Crippen LogP contribution in [0.4, 0.5) is 5.82 Å². The zero-order valence-electron chi connectivity index (χ0n) is 14.0. The summed E-state index contributed by atoms with van der Waals surface area (Å²) < 4.78 is 17.2. The number of carbonyl (C=O) groups is 1. The molecular weight excluding hydrogens is 322 g/mol. The van der Waals surface area contributed by atoms with E-state index in [2.05, 4.69) is 9.88 Å². The highest BCUT2D eigenvalue weighted by molar-refractivity contribution is 5.94. The number of anilines is 1. The monoisotopic (exact) mass is 343 g/mol. The summed E-state index contributed by atoms with van der Waals surface area (Å²) in [7, 11) is 0. The Balaban J connectivity index is 1.53. The molecule has 0 N–H and O–H groups in total. The van der Waals surface area contributed by atoms with E-state index in [1.54, 1.807) is 17.4 Å². The van der Waals surface area contributed by atoms with Crippen LogP contribution in [0.25, 0.3) is 0 Å². The normalized spacial score (nSPS) is 25.3. The van der Waals surface area contributed by atoms with Crippen LogP contribution in [0.1, 0.15) is 5.76 Å². The molecule has 2 aromatic rings. The molecule has 0 radical (unpaired) electrons. The number of hydrogen-bond donors (Lipinski definition) is 0. The molecule has 7 nitrogen and oxygen atoms in total. The Bertz CT molecular complexity index is 706. The summed E-state index contributed by atoms with van der Waals surface area (Å²) in [6.07, 6.45) is 3.37. The molecule has 1 spiro atoms. The van der Waals surface area contributed by atoms with Gasteiger partial charge in [-0.05, 0) is 24.3 Å². The van der Waals surface area contributed by atoms with E-state index in [0.717, 1.165) is 12.3 Å². The minimum absolute atomic E-state index is 0.0362. The molecule has 2 aromatic heterocycles. The molecule has 4 rings (SSSR count). The van der Waals surface area contributed by atoms with Gasteiger partial charge >= 0.3 is 0 Å². The Hall–Kier alpha value is -2.22. The van der Waals surface area contributed by atoms with Crippen LogP contribution in [0.2, 0.25) is 0 Å². The molecule has 1 amide bonds. The van der Waals surface area contributed by atoms with Crippen molar-refractivity contribution in [2.24, 2.45) is 0 Å². The molecule has 2 fully saturated rings. The number of carbonyl (C=O) groups excluding carboxylic acids is 1. The van der Waals surface area contributed by atoms with Gasteiger partial charge in [-0.2, -0.15) is 0 Å². The van der Waals surface area contributed by atoms with E-state index in [0.29, 0.717) is 38.7 Å². The van der Waals surface area contributed by atoms with Crippen molar-refractivity contribution in [2.45, 2.75) is 12.1 Å². The van der Waals surface area contributed by atoms with Crippen LogP contribution in [0, 0.1) is 0 Å². The summed E-state index contributed by atoms with van der Waals surface area (Å²) in [6, 6.07) is 9.41. The third kappa shape index (κ3) is 3.58. The standard InChI is InChI=1S/C18H21N3O4/c22-17-11-25-18(13-21(17)16-5-1-2-6-19-16)12-20(7-9-23-14-18)10-15-4-3-8-24-15/h1-6,8H,7,9-14H2/t18-/m1/s1. The summed E-state index contributed by atoms with van der Waals surface area (Å²) in [6.45, 7) is 3.71. The number of ether oxygens (including phenoxy) is 2. The molecule has 2 saturated heterocycles. The first-order chi connectivity index (χ1) is 12.2. The van der Waals surface area contributed by atoms with Gasteiger partial charge in [-0.25, -0.2) is 4.98 Å². The van der Waals surface area contributed by atoms with E-state index in [1.807, 2.05) is 30.3 Å². The minimum Gasteiger partial charge on any atom is -0.468 e. The van der Waals surface area contributed by atoms with E-state index in [-0.39, 0.29) is 12.5 Å². The molecule has 4 heterocycles. The first kappa shape index (κ1) is 16.3. The van der Waals surface area contributed by atoms with Gasteiger partial charge in [0.25, 0.3) is 5.91 Å². The molecule has 25 heavy (non-hydrogen) atoms. The van der Waals surface area contributed by atoms with Crippen molar-refractivity contribution < 1.29 is 18.7 Å². The predicted octanol–water partition coefficient (Wildman–Crippen LogP) is 1.31. The molecule has 0 saturated carbocycles. The second kappa shape index (κ2) is 6.95. The molecule has 2 aliphatic rings. The van der Waals surface area contributed by atoms with Gasteiger partial charge in [0, 0.05) is 19.3 Å². The molecule has 0 bridgehead atoms.